The van der Waals surface area contributed by atoms with Crippen molar-refractivity contribution in [3.63, 3.8) is 0 Å². The lowest BCUT2D eigenvalue weighted by Crippen LogP contribution is -2.60. The number of hydrogen-bond donors (Lipinski definition) is 0. The Balaban J connectivity index is 1.36. The van der Waals surface area contributed by atoms with Gasteiger partial charge in [-0.25, -0.2) is 4.98 Å². The number of para-hydroxylation sites is 1. The molecule has 0 atom stereocenters. The molecule has 0 amide bonds. The average molecular weight is 376 g/mol. The minimum absolute atomic E-state index is 0.0100. The first-order valence-electron chi connectivity index (χ1n) is 9.91. The molecule has 7 heteroatoms. The molecule has 5 rings (SSSR count). The summed E-state index contributed by atoms with van der Waals surface area (Å²) in [5.74, 6) is 1.66. The fourth-order valence-electron chi connectivity index (χ4n) is 4.21. The first-order valence-corrected chi connectivity index (χ1v) is 9.91. The maximum Gasteiger partial charge on any atom is 0.262 e. The lowest BCUT2D eigenvalue weighted by atomic mass is 9.96. The van der Waals surface area contributed by atoms with Crippen LogP contribution in [-0.4, -0.2) is 45.9 Å². The van der Waals surface area contributed by atoms with Crippen molar-refractivity contribution in [3.8, 4) is 0 Å². The fourth-order valence-corrected chi connectivity index (χ4v) is 4.21. The number of anilines is 2. The Morgan fingerprint density at radius 2 is 1.89 bits per heavy atom. The van der Waals surface area contributed by atoms with E-state index in [1.165, 1.54) is 24.1 Å². The van der Waals surface area contributed by atoms with Crippen LogP contribution in [0.15, 0.2) is 35.1 Å². The van der Waals surface area contributed by atoms with E-state index in [2.05, 4.69) is 26.1 Å². The predicted molar refractivity (Wildman–Crippen MR) is 110 cm³/mol. The summed E-state index contributed by atoms with van der Waals surface area (Å²) in [7, 11) is 3.80. The molecule has 2 aromatic heterocycles. The number of hydrogen-bond acceptors (Lipinski definition) is 6. The number of aromatic nitrogens is 4. The molecule has 1 aliphatic carbocycles. The minimum Gasteiger partial charge on any atom is -0.351 e. The molecule has 7 nitrogen and oxygen atoms in total. The Bertz CT molecular complexity index is 1100. The monoisotopic (exact) mass is 376 g/mol. The van der Waals surface area contributed by atoms with Crippen LogP contribution in [-0.2, 0) is 19.9 Å². The topological polar surface area (TPSA) is 67.2 Å². The van der Waals surface area contributed by atoms with Gasteiger partial charge in [-0.2, -0.15) is 5.10 Å². The second kappa shape index (κ2) is 6.58. The molecule has 144 valence electrons. The van der Waals surface area contributed by atoms with Crippen molar-refractivity contribution in [1.29, 1.82) is 0 Å². The summed E-state index contributed by atoms with van der Waals surface area (Å²) in [5.41, 5.74) is 3.25. The Hall–Kier alpha value is -2.96. The molecule has 3 aromatic rings. The minimum atomic E-state index is -0.0100. The summed E-state index contributed by atoms with van der Waals surface area (Å²) >= 11 is 0. The molecule has 0 unspecified atom stereocenters. The third-order valence-electron chi connectivity index (χ3n) is 6.07. The van der Waals surface area contributed by atoms with E-state index in [-0.39, 0.29) is 11.6 Å². The number of aryl methyl sites for hydroxylation is 2. The van der Waals surface area contributed by atoms with Gasteiger partial charge in [0, 0.05) is 27.2 Å². The molecule has 0 spiro atoms. The molecule has 1 aromatic carbocycles. The van der Waals surface area contributed by atoms with Crippen molar-refractivity contribution in [2.75, 3.05) is 29.9 Å². The molecule has 0 radical (unpaired) electrons. The van der Waals surface area contributed by atoms with E-state index in [4.69, 9.17) is 4.98 Å². The highest BCUT2D eigenvalue weighted by atomic mass is 16.1. The van der Waals surface area contributed by atoms with Gasteiger partial charge in [-0.3, -0.25) is 9.36 Å². The van der Waals surface area contributed by atoms with E-state index >= 15 is 0 Å². The van der Waals surface area contributed by atoms with E-state index in [9.17, 15) is 4.79 Å². The van der Waals surface area contributed by atoms with Gasteiger partial charge in [0.05, 0.1) is 22.6 Å². The largest absolute Gasteiger partial charge is 0.351 e. The van der Waals surface area contributed by atoms with E-state index in [0.29, 0.717) is 11.3 Å². The number of fused-ring (bicyclic) bond motifs is 2. The normalized spacial score (nSPS) is 16.7. The lowest BCUT2D eigenvalue weighted by Gasteiger charge is -2.45. The van der Waals surface area contributed by atoms with Crippen LogP contribution in [0.25, 0.3) is 10.9 Å². The maximum absolute atomic E-state index is 12.7. The predicted octanol–water partition coefficient (Wildman–Crippen LogP) is 1.93. The Morgan fingerprint density at radius 3 is 2.75 bits per heavy atom. The van der Waals surface area contributed by atoms with Gasteiger partial charge in [0.25, 0.3) is 5.56 Å². The van der Waals surface area contributed by atoms with E-state index in [1.54, 1.807) is 11.6 Å². The lowest BCUT2D eigenvalue weighted by molar-refractivity contribution is 0.478. The van der Waals surface area contributed by atoms with Crippen LogP contribution in [0.1, 0.15) is 24.1 Å². The number of benzene rings is 1. The first-order chi connectivity index (χ1) is 13.6. The summed E-state index contributed by atoms with van der Waals surface area (Å²) < 4.78 is 1.64. The van der Waals surface area contributed by atoms with Gasteiger partial charge in [0.15, 0.2) is 5.82 Å². The highest BCUT2D eigenvalue weighted by molar-refractivity contribution is 5.78. The molecule has 1 aliphatic heterocycles. The zero-order valence-electron chi connectivity index (χ0n) is 16.3. The van der Waals surface area contributed by atoms with Crippen LogP contribution in [0.5, 0.6) is 0 Å². The molecular weight excluding hydrogens is 352 g/mol. The molecule has 1 fully saturated rings. The molecule has 3 heterocycles. The third kappa shape index (κ3) is 2.73. The number of nitrogens with zero attached hydrogens (tertiary/aromatic N) is 6. The van der Waals surface area contributed by atoms with Crippen LogP contribution in [0.2, 0.25) is 0 Å². The van der Waals surface area contributed by atoms with Gasteiger partial charge in [0.1, 0.15) is 0 Å². The van der Waals surface area contributed by atoms with Crippen molar-refractivity contribution in [3.05, 3.63) is 51.9 Å². The van der Waals surface area contributed by atoms with Crippen LogP contribution >= 0.6 is 0 Å². The van der Waals surface area contributed by atoms with Gasteiger partial charge in [-0.15, -0.1) is 5.10 Å². The Labute approximate surface area is 163 Å². The van der Waals surface area contributed by atoms with Crippen molar-refractivity contribution in [2.24, 2.45) is 7.05 Å². The number of rotatable bonds is 3. The molecule has 0 saturated carbocycles. The fraction of sp³-hybridized carbons (Fsp3) is 0.429. The highest BCUT2D eigenvalue weighted by Crippen LogP contribution is 2.27. The van der Waals surface area contributed by atoms with Crippen LogP contribution in [0.4, 0.5) is 11.8 Å². The molecule has 28 heavy (non-hydrogen) atoms. The van der Waals surface area contributed by atoms with Crippen molar-refractivity contribution >= 4 is 22.7 Å². The SMILES string of the molecule is CN(c1nc2ccccc2c(=O)n1C)C1CN(c2cc3c(nn2)CCCC3)C1. The Morgan fingerprint density at radius 1 is 1.11 bits per heavy atom. The zero-order chi connectivity index (χ0) is 19.3. The van der Waals surface area contributed by atoms with Crippen molar-refractivity contribution < 1.29 is 0 Å². The molecule has 2 aliphatic rings. The number of likely N-dealkylation sites (N-methyl/N-ethyl adjacent to an activating group) is 1. The zero-order valence-corrected chi connectivity index (χ0v) is 16.3. The molecule has 0 bridgehead atoms. The van der Waals surface area contributed by atoms with Crippen LogP contribution in [0, 0.1) is 0 Å². The summed E-state index contributed by atoms with van der Waals surface area (Å²) in [6.45, 7) is 1.71. The van der Waals surface area contributed by atoms with Crippen LogP contribution in [0.3, 0.4) is 0 Å². The summed E-state index contributed by atoms with van der Waals surface area (Å²) in [5, 5.41) is 9.54. The average Bonchev–Trinajstić information content (AvgIpc) is 2.69. The second-order valence-electron chi connectivity index (χ2n) is 7.84. The van der Waals surface area contributed by atoms with Gasteiger partial charge in [0.2, 0.25) is 5.95 Å². The molecular formula is C21H24N6O. The van der Waals surface area contributed by atoms with Crippen molar-refractivity contribution in [1.82, 2.24) is 19.7 Å². The van der Waals surface area contributed by atoms with Gasteiger partial charge < -0.3 is 9.80 Å². The summed E-state index contributed by atoms with van der Waals surface area (Å²) in [6, 6.07) is 10.0. The quantitative estimate of drug-likeness (QED) is 0.696. The second-order valence-corrected chi connectivity index (χ2v) is 7.84. The van der Waals surface area contributed by atoms with Crippen molar-refractivity contribution in [2.45, 2.75) is 31.7 Å². The van der Waals surface area contributed by atoms with E-state index in [1.807, 2.05) is 31.3 Å². The summed E-state index contributed by atoms with van der Waals surface area (Å²) in [6.07, 6.45) is 4.62. The third-order valence-corrected chi connectivity index (χ3v) is 6.07. The van der Waals surface area contributed by atoms with Gasteiger partial charge >= 0.3 is 0 Å². The van der Waals surface area contributed by atoms with Crippen LogP contribution < -0.4 is 15.4 Å². The van der Waals surface area contributed by atoms with Gasteiger partial charge in [-0.1, -0.05) is 12.1 Å². The smallest absolute Gasteiger partial charge is 0.262 e. The summed E-state index contributed by atoms with van der Waals surface area (Å²) in [4.78, 5) is 21.8. The molecule has 1 saturated heterocycles. The van der Waals surface area contributed by atoms with Gasteiger partial charge in [-0.05, 0) is 49.4 Å². The molecule has 0 N–H and O–H groups in total. The van der Waals surface area contributed by atoms with E-state index < -0.39 is 0 Å². The maximum atomic E-state index is 12.7. The first kappa shape index (κ1) is 17.2. The standard InChI is InChI=1S/C21H24N6O/c1-25(21-22-18-10-6-4-8-16(18)20(28)26(21)2)15-12-27(13-15)19-11-14-7-3-5-9-17(14)23-24-19/h4,6,8,10-11,15H,3,5,7,9,12-13H2,1-2H3. The highest BCUT2D eigenvalue weighted by Gasteiger charge is 2.33. The Kier molecular flexibility index (Phi) is 4.03. The van der Waals surface area contributed by atoms with E-state index in [0.717, 1.165) is 37.3 Å².